The van der Waals surface area contributed by atoms with E-state index in [1.165, 1.54) is 12.0 Å². The van der Waals surface area contributed by atoms with Crippen LogP contribution in [0.25, 0.3) is 0 Å². The van der Waals surface area contributed by atoms with E-state index in [1.54, 1.807) is 6.92 Å². The van der Waals surface area contributed by atoms with Crippen molar-refractivity contribution < 1.29 is 14.3 Å². The van der Waals surface area contributed by atoms with Crippen molar-refractivity contribution in [1.82, 2.24) is 9.80 Å². The van der Waals surface area contributed by atoms with Gasteiger partial charge in [0.05, 0.1) is 13.0 Å². The maximum Gasteiger partial charge on any atom is 0.307 e. The summed E-state index contributed by atoms with van der Waals surface area (Å²) in [6.07, 6.45) is 2.51. The number of rotatable bonds is 8. The van der Waals surface area contributed by atoms with E-state index in [-0.39, 0.29) is 18.3 Å². The second kappa shape index (κ2) is 9.72. The molecule has 144 valence electrons. The molecule has 1 amide bonds. The molecule has 1 heterocycles. The fraction of sp³-hybridized carbons (Fsp3) is 0.619. The molecule has 0 N–H and O–H groups in total. The standard InChI is InChI=1S/C21H32N2O3/c1-5-22-12-7-8-19(22)15-23(13-11-20(24)26-6-2)21(25)18-10-9-16(3)17(4)14-18/h9-10,14,19H,5-8,11-13,15H2,1-4H3. The number of esters is 1. The molecule has 1 aromatic rings. The second-order valence-electron chi connectivity index (χ2n) is 7.03. The van der Waals surface area contributed by atoms with Crippen LogP contribution in [-0.4, -0.2) is 60.5 Å². The predicted octanol–water partition coefficient (Wildman–Crippen LogP) is 3.18. The molecular weight excluding hydrogens is 328 g/mol. The third-order valence-corrected chi connectivity index (χ3v) is 5.27. The van der Waals surface area contributed by atoms with Gasteiger partial charge in [-0.1, -0.05) is 13.0 Å². The molecule has 1 aliphatic heterocycles. The van der Waals surface area contributed by atoms with E-state index in [1.807, 2.05) is 36.9 Å². The van der Waals surface area contributed by atoms with Crippen molar-refractivity contribution in [3.63, 3.8) is 0 Å². The SMILES string of the molecule is CCOC(=O)CCN(CC1CCCN1CC)C(=O)c1ccc(C)c(C)c1. The lowest BCUT2D eigenvalue weighted by Gasteiger charge is -2.30. The van der Waals surface area contributed by atoms with Gasteiger partial charge in [-0.15, -0.1) is 0 Å². The average molecular weight is 360 g/mol. The molecule has 1 fully saturated rings. The first-order chi connectivity index (χ1) is 12.5. The largest absolute Gasteiger partial charge is 0.466 e. The van der Waals surface area contributed by atoms with Gasteiger partial charge >= 0.3 is 5.97 Å². The van der Waals surface area contributed by atoms with Gasteiger partial charge in [0.15, 0.2) is 0 Å². The van der Waals surface area contributed by atoms with Crippen LogP contribution < -0.4 is 0 Å². The number of likely N-dealkylation sites (tertiary alicyclic amines) is 1. The fourth-order valence-corrected chi connectivity index (χ4v) is 3.56. The van der Waals surface area contributed by atoms with Crippen molar-refractivity contribution >= 4 is 11.9 Å². The van der Waals surface area contributed by atoms with Crippen molar-refractivity contribution in [1.29, 1.82) is 0 Å². The first kappa shape index (κ1) is 20.4. The number of aryl methyl sites for hydroxylation is 2. The Morgan fingerprint density at radius 1 is 1.23 bits per heavy atom. The van der Waals surface area contributed by atoms with E-state index in [4.69, 9.17) is 4.74 Å². The highest BCUT2D eigenvalue weighted by molar-refractivity contribution is 5.94. The van der Waals surface area contributed by atoms with E-state index >= 15 is 0 Å². The lowest BCUT2D eigenvalue weighted by molar-refractivity contribution is -0.143. The Balaban J connectivity index is 2.13. The van der Waals surface area contributed by atoms with Crippen LogP contribution in [0.1, 0.15) is 54.6 Å². The van der Waals surface area contributed by atoms with Crippen LogP contribution in [0.15, 0.2) is 18.2 Å². The van der Waals surface area contributed by atoms with E-state index in [2.05, 4.69) is 11.8 Å². The number of ether oxygens (including phenoxy) is 1. The summed E-state index contributed by atoms with van der Waals surface area (Å²) in [7, 11) is 0. The summed E-state index contributed by atoms with van der Waals surface area (Å²) in [4.78, 5) is 29.2. The van der Waals surface area contributed by atoms with Crippen molar-refractivity contribution in [3.05, 3.63) is 34.9 Å². The van der Waals surface area contributed by atoms with Gasteiger partial charge in [-0.25, -0.2) is 0 Å². The molecule has 1 atom stereocenters. The maximum absolute atomic E-state index is 13.1. The molecule has 5 nitrogen and oxygen atoms in total. The summed E-state index contributed by atoms with van der Waals surface area (Å²) in [6, 6.07) is 6.19. The molecule has 1 aromatic carbocycles. The normalized spacial score (nSPS) is 17.3. The zero-order valence-corrected chi connectivity index (χ0v) is 16.6. The molecule has 1 unspecified atom stereocenters. The topological polar surface area (TPSA) is 49.9 Å². The highest BCUT2D eigenvalue weighted by Gasteiger charge is 2.28. The van der Waals surface area contributed by atoms with Gasteiger partial charge in [0, 0.05) is 24.7 Å². The molecule has 0 saturated carbocycles. The van der Waals surface area contributed by atoms with Crippen LogP contribution in [-0.2, 0) is 9.53 Å². The fourth-order valence-electron chi connectivity index (χ4n) is 3.56. The third-order valence-electron chi connectivity index (χ3n) is 5.27. The zero-order valence-electron chi connectivity index (χ0n) is 16.6. The monoisotopic (exact) mass is 360 g/mol. The number of benzene rings is 1. The molecule has 1 aliphatic rings. The first-order valence-electron chi connectivity index (χ1n) is 9.72. The third kappa shape index (κ3) is 5.31. The molecule has 2 rings (SSSR count). The number of carbonyl (C=O) groups excluding carboxylic acids is 2. The Morgan fingerprint density at radius 2 is 2.00 bits per heavy atom. The van der Waals surface area contributed by atoms with Gasteiger partial charge in [-0.05, 0) is 70.0 Å². The molecule has 5 heteroatoms. The minimum Gasteiger partial charge on any atom is -0.466 e. The molecule has 26 heavy (non-hydrogen) atoms. The number of hydrogen-bond acceptors (Lipinski definition) is 4. The second-order valence-corrected chi connectivity index (χ2v) is 7.03. The Labute approximate surface area is 157 Å². The van der Waals surface area contributed by atoms with Gasteiger partial charge < -0.3 is 9.64 Å². The van der Waals surface area contributed by atoms with Gasteiger partial charge in [-0.2, -0.15) is 0 Å². The van der Waals surface area contributed by atoms with Crippen LogP contribution in [0.3, 0.4) is 0 Å². The summed E-state index contributed by atoms with van der Waals surface area (Å²) in [5.41, 5.74) is 2.97. The van der Waals surface area contributed by atoms with Crippen LogP contribution >= 0.6 is 0 Å². The predicted molar refractivity (Wildman–Crippen MR) is 103 cm³/mol. The van der Waals surface area contributed by atoms with Crippen molar-refractivity contribution in [2.24, 2.45) is 0 Å². The highest BCUT2D eigenvalue weighted by atomic mass is 16.5. The van der Waals surface area contributed by atoms with Crippen molar-refractivity contribution in [2.75, 3.05) is 32.8 Å². The lowest BCUT2D eigenvalue weighted by atomic mass is 10.0. The number of amides is 1. The summed E-state index contributed by atoms with van der Waals surface area (Å²) in [5, 5.41) is 0. The van der Waals surface area contributed by atoms with Crippen LogP contribution in [0, 0.1) is 13.8 Å². The molecule has 0 aromatic heterocycles. The maximum atomic E-state index is 13.1. The molecule has 0 bridgehead atoms. The zero-order chi connectivity index (χ0) is 19.1. The van der Waals surface area contributed by atoms with Gasteiger partial charge in [-0.3, -0.25) is 14.5 Å². The summed E-state index contributed by atoms with van der Waals surface area (Å²) in [5.74, 6) is -0.246. The summed E-state index contributed by atoms with van der Waals surface area (Å²) >= 11 is 0. The van der Waals surface area contributed by atoms with Crippen molar-refractivity contribution in [3.8, 4) is 0 Å². The first-order valence-corrected chi connectivity index (χ1v) is 9.72. The van der Waals surface area contributed by atoms with E-state index in [0.29, 0.717) is 31.3 Å². The number of carbonyl (C=O) groups is 2. The highest BCUT2D eigenvalue weighted by Crippen LogP contribution is 2.20. The van der Waals surface area contributed by atoms with Gasteiger partial charge in [0.25, 0.3) is 5.91 Å². The molecular formula is C21H32N2O3. The minimum atomic E-state index is -0.246. The van der Waals surface area contributed by atoms with Crippen LogP contribution in [0.5, 0.6) is 0 Å². The van der Waals surface area contributed by atoms with E-state index in [0.717, 1.165) is 25.1 Å². The Kier molecular flexibility index (Phi) is 7.64. The molecule has 0 spiro atoms. The Bertz CT molecular complexity index is 630. The minimum absolute atomic E-state index is 0.000325. The average Bonchev–Trinajstić information content (AvgIpc) is 3.07. The Morgan fingerprint density at radius 3 is 2.65 bits per heavy atom. The summed E-state index contributed by atoms with van der Waals surface area (Å²) < 4.78 is 5.04. The number of nitrogens with zero attached hydrogens (tertiary/aromatic N) is 2. The molecule has 1 saturated heterocycles. The van der Waals surface area contributed by atoms with Gasteiger partial charge in [0.2, 0.25) is 0 Å². The van der Waals surface area contributed by atoms with Crippen LogP contribution in [0.2, 0.25) is 0 Å². The molecule has 0 aliphatic carbocycles. The Hall–Kier alpha value is -1.88. The summed E-state index contributed by atoms with van der Waals surface area (Å²) in [6.45, 7) is 11.5. The van der Waals surface area contributed by atoms with E-state index < -0.39 is 0 Å². The van der Waals surface area contributed by atoms with Crippen molar-refractivity contribution in [2.45, 2.75) is 53.0 Å². The molecule has 0 radical (unpaired) electrons. The van der Waals surface area contributed by atoms with Crippen LogP contribution in [0.4, 0.5) is 0 Å². The quantitative estimate of drug-likeness (QED) is 0.668. The van der Waals surface area contributed by atoms with Gasteiger partial charge in [0.1, 0.15) is 0 Å². The lowest BCUT2D eigenvalue weighted by Crippen LogP contribution is -2.44. The smallest absolute Gasteiger partial charge is 0.307 e. The number of likely N-dealkylation sites (N-methyl/N-ethyl adjacent to an activating group) is 1. The number of hydrogen-bond donors (Lipinski definition) is 0. The van der Waals surface area contributed by atoms with E-state index in [9.17, 15) is 9.59 Å².